The molecule has 2 aliphatic rings. The number of amides is 2. The maximum absolute atomic E-state index is 12.0. The molecule has 2 saturated heterocycles. The number of hydrogen-bond acceptors (Lipinski definition) is 4. The van der Waals surface area contributed by atoms with Crippen molar-refractivity contribution >= 4 is 23.6 Å². The predicted octanol–water partition coefficient (Wildman–Crippen LogP) is -0.800. The van der Waals surface area contributed by atoms with Crippen molar-refractivity contribution in [1.29, 1.82) is 0 Å². The highest BCUT2D eigenvalue weighted by molar-refractivity contribution is 7.98. The molecule has 2 N–H and O–H groups in total. The first-order valence-corrected chi connectivity index (χ1v) is 6.80. The number of nitrogens with one attached hydrogen (secondary N) is 1. The first-order chi connectivity index (χ1) is 7.63. The Balaban J connectivity index is 2.06. The van der Waals surface area contributed by atoms with Gasteiger partial charge in [-0.25, -0.2) is 0 Å². The highest BCUT2D eigenvalue weighted by Gasteiger charge is 2.45. The number of rotatable bonds is 3. The Morgan fingerprint density at radius 2 is 2.31 bits per heavy atom. The van der Waals surface area contributed by atoms with E-state index in [4.69, 9.17) is 0 Å². The van der Waals surface area contributed by atoms with E-state index in [2.05, 4.69) is 5.32 Å². The van der Waals surface area contributed by atoms with Crippen LogP contribution in [-0.2, 0) is 9.59 Å². The van der Waals surface area contributed by atoms with Gasteiger partial charge in [0.05, 0.1) is 6.10 Å². The molecule has 0 saturated carbocycles. The fourth-order valence-electron chi connectivity index (χ4n) is 2.27. The molecule has 2 aliphatic heterocycles. The third kappa shape index (κ3) is 2.04. The van der Waals surface area contributed by atoms with Crippen molar-refractivity contribution in [3.8, 4) is 0 Å². The predicted molar refractivity (Wildman–Crippen MR) is 61.1 cm³/mol. The average molecular weight is 244 g/mol. The van der Waals surface area contributed by atoms with E-state index in [0.29, 0.717) is 19.4 Å². The second-order valence-corrected chi connectivity index (χ2v) is 5.22. The van der Waals surface area contributed by atoms with Gasteiger partial charge in [0.2, 0.25) is 11.8 Å². The van der Waals surface area contributed by atoms with Crippen LogP contribution >= 0.6 is 11.8 Å². The maximum atomic E-state index is 12.0. The Morgan fingerprint density at radius 1 is 1.56 bits per heavy atom. The van der Waals surface area contributed by atoms with Crippen LogP contribution in [0.1, 0.15) is 12.8 Å². The maximum Gasteiger partial charge on any atom is 0.245 e. The number of carbonyl (C=O) groups excluding carboxylic acids is 2. The molecule has 6 heteroatoms. The highest BCUT2D eigenvalue weighted by atomic mass is 32.2. The van der Waals surface area contributed by atoms with Crippen LogP contribution in [-0.4, -0.2) is 58.6 Å². The van der Waals surface area contributed by atoms with Crippen LogP contribution in [0, 0.1) is 0 Å². The number of fused-ring (bicyclic) bond motifs is 1. The fraction of sp³-hybridized carbons (Fsp3) is 0.800. The molecule has 0 aromatic heterocycles. The quantitative estimate of drug-likeness (QED) is 0.682. The normalized spacial score (nSPS) is 33.9. The molecular weight excluding hydrogens is 228 g/mol. The van der Waals surface area contributed by atoms with Gasteiger partial charge in [-0.15, -0.1) is 0 Å². The zero-order valence-corrected chi connectivity index (χ0v) is 10.00. The minimum absolute atomic E-state index is 0.0461. The molecule has 2 rings (SSSR count). The van der Waals surface area contributed by atoms with Gasteiger partial charge in [-0.05, 0) is 18.4 Å². The minimum Gasteiger partial charge on any atom is -0.391 e. The summed E-state index contributed by atoms with van der Waals surface area (Å²) in [5.41, 5.74) is 0. The summed E-state index contributed by atoms with van der Waals surface area (Å²) in [5, 5.41) is 12.2. The molecule has 0 aromatic carbocycles. The zero-order chi connectivity index (χ0) is 11.7. The molecule has 0 aromatic rings. The summed E-state index contributed by atoms with van der Waals surface area (Å²) < 4.78 is 0. The van der Waals surface area contributed by atoms with Gasteiger partial charge < -0.3 is 15.3 Å². The molecule has 0 unspecified atom stereocenters. The number of hydrogen-bond donors (Lipinski definition) is 2. The van der Waals surface area contributed by atoms with Crippen molar-refractivity contribution in [3.05, 3.63) is 0 Å². The van der Waals surface area contributed by atoms with E-state index in [0.717, 1.165) is 5.75 Å². The lowest BCUT2D eigenvalue weighted by atomic mass is 10.1. The molecule has 16 heavy (non-hydrogen) atoms. The van der Waals surface area contributed by atoms with E-state index in [1.807, 2.05) is 6.26 Å². The summed E-state index contributed by atoms with van der Waals surface area (Å²) in [4.78, 5) is 25.2. The standard InChI is InChI=1S/C10H16N2O3S/c1-16-3-2-7-10(15)12-5-6(13)4-8(12)9(14)11-7/h6-8,13H,2-5H2,1H3,(H,11,14)/t6-,7-,8+/m1/s1. The van der Waals surface area contributed by atoms with Gasteiger partial charge in [-0.1, -0.05) is 0 Å². The molecule has 0 radical (unpaired) electrons. The lowest BCUT2D eigenvalue weighted by molar-refractivity contribution is -0.147. The number of aliphatic hydroxyl groups is 1. The molecule has 3 atom stereocenters. The second kappa shape index (κ2) is 4.63. The van der Waals surface area contributed by atoms with E-state index in [9.17, 15) is 14.7 Å². The first-order valence-electron chi connectivity index (χ1n) is 5.41. The van der Waals surface area contributed by atoms with Crippen molar-refractivity contribution in [1.82, 2.24) is 10.2 Å². The van der Waals surface area contributed by atoms with E-state index < -0.39 is 18.2 Å². The van der Waals surface area contributed by atoms with Gasteiger partial charge in [0.15, 0.2) is 0 Å². The van der Waals surface area contributed by atoms with Gasteiger partial charge in [-0.2, -0.15) is 11.8 Å². The summed E-state index contributed by atoms with van der Waals surface area (Å²) in [6.45, 7) is 0.298. The second-order valence-electron chi connectivity index (χ2n) is 4.24. The van der Waals surface area contributed by atoms with Crippen molar-refractivity contribution in [3.63, 3.8) is 0 Å². The van der Waals surface area contributed by atoms with Crippen LogP contribution in [0.5, 0.6) is 0 Å². The largest absolute Gasteiger partial charge is 0.391 e. The number of nitrogens with zero attached hydrogens (tertiary/aromatic N) is 1. The van der Waals surface area contributed by atoms with Crippen LogP contribution in [0.3, 0.4) is 0 Å². The lowest BCUT2D eigenvalue weighted by Gasteiger charge is -2.34. The number of aliphatic hydroxyl groups excluding tert-OH is 1. The Hall–Kier alpha value is -0.750. The molecule has 90 valence electrons. The van der Waals surface area contributed by atoms with Crippen LogP contribution < -0.4 is 5.32 Å². The van der Waals surface area contributed by atoms with Crippen molar-refractivity contribution in [2.45, 2.75) is 31.0 Å². The Kier molecular flexibility index (Phi) is 3.39. The lowest BCUT2D eigenvalue weighted by Crippen LogP contribution is -2.61. The van der Waals surface area contributed by atoms with Gasteiger partial charge in [-0.3, -0.25) is 9.59 Å². The van der Waals surface area contributed by atoms with Crippen molar-refractivity contribution in [2.24, 2.45) is 0 Å². The van der Waals surface area contributed by atoms with Gasteiger partial charge in [0, 0.05) is 13.0 Å². The highest BCUT2D eigenvalue weighted by Crippen LogP contribution is 2.23. The number of thioether (sulfide) groups is 1. The fourth-order valence-corrected chi connectivity index (χ4v) is 2.74. The van der Waals surface area contributed by atoms with E-state index >= 15 is 0 Å². The molecule has 0 spiro atoms. The number of carbonyl (C=O) groups is 2. The SMILES string of the molecule is CSCC[C@H]1NC(=O)[C@@H]2C[C@@H](O)CN2C1=O. The summed E-state index contributed by atoms with van der Waals surface area (Å²) in [6.07, 6.45) is 2.44. The Labute approximate surface area is 98.6 Å². The third-order valence-electron chi connectivity index (χ3n) is 3.09. The smallest absolute Gasteiger partial charge is 0.245 e. The van der Waals surface area contributed by atoms with Crippen LogP contribution in [0.4, 0.5) is 0 Å². The molecular formula is C10H16N2O3S. The van der Waals surface area contributed by atoms with E-state index in [-0.39, 0.29) is 11.8 Å². The van der Waals surface area contributed by atoms with Gasteiger partial charge >= 0.3 is 0 Å². The third-order valence-corrected chi connectivity index (χ3v) is 3.73. The summed E-state index contributed by atoms with van der Waals surface area (Å²) in [6, 6.07) is -0.852. The summed E-state index contributed by atoms with van der Waals surface area (Å²) in [7, 11) is 0. The minimum atomic E-state index is -0.556. The molecule has 0 aliphatic carbocycles. The van der Waals surface area contributed by atoms with E-state index in [1.165, 1.54) is 4.90 Å². The van der Waals surface area contributed by atoms with Crippen molar-refractivity contribution < 1.29 is 14.7 Å². The Morgan fingerprint density at radius 3 is 3.00 bits per heavy atom. The van der Waals surface area contributed by atoms with Crippen LogP contribution in [0.25, 0.3) is 0 Å². The average Bonchev–Trinajstić information content (AvgIpc) is 2.64. The topological polar surface area (TPSA) is 69.6 Å². The van der Waals surface area contributed by atoms with E-state index in [1.54, 1.807) is 11.8 Å². The van der Waals surface area contributed by atoms with Crippen LogP contribution in [0.2, 0.25) is 0 Å². The van der Waals surface area contributed by atoms with Crippen LogP contribution in [0.15, 0.2) is 0 Å². The zero-order valence-electron chi connectivity index (χ0n) is 9.18. The molecule has 5 nitrogen and oxygen atoms in total. The molecule has 2 amide bonds. The molecule has 2 fully saturated rings. The molecule has 0 bridgehead atoms. The van der Waals surface area contributed by atoms with Crippen molar-refractivity contribution in [2.75, 3.05) is 18.6 Å². The number of piperazine rings is 1. The summed E-state index contributed by atoms with van der Waals surface area (Å²) >= 11 is 1.65. The van der Waals surface area contributed by atoms with Gasteiger partial charge in [0.25, 0.3) is 0 Å². The first kappa shape index (κ1) is 11.7. The monoisotopic (exact) mass is 244 g/mol. The molecule has 2 heterocycles. The van der Waals surface area contributed by atoms with Gasteiger partial charge in [0.1, 0.15) is 12.1 Å². The Bertz CT molecular complexity index is 310. The summed E-state index contributed by atoms with van der Waals surface area (Å²) in [5.74, 6) is 0.676.